The molecule has 1 heterocycles. The molecule has 29 heavy (non-hydrogen) atoms. The summed E-state index contributed by atoms with van der Waals surface area (Å²) in [6.45, 7) is -0.619. The summed E-state index contributed by atoms with van der Waals surface area (Å²) >= 11 is 0. The number of furan rings is 1. The maximum absolute atomic E-state index is 12.2. The topological polar surface area (TPSA) is 144 Å². The highest BCUT2D eigenvalue weighted by Crippen LogP contribution is 2.22. The van der Waals surface area contributed by atoms with Crippen molar-refractivity contribution < 1.29 is 32.0 Å². The molecule has 1 aromatic heterocycles. The van der Waals surface area contributed by atoms with Crippen molar-refractivity contribution in [3.8, 4) is 0 Å². The van der Waals surface area contributed by atoms with Gasteiger partial charge < -0.3 is 14.5 Å². The summed E-state index contributed by atoms with van der Waals surface area (Å²) in [7, 11) is -3.72. The SMILES string of the molecule is O=C(COC(=O)c1cccc(S(=O)(=O)NC2CC2)c1)NC(=O)NCc1ccco1. The molecule has 11 heteroatoms. The highest BCUT2D eigenvalue weighted by Gasteiger charge is 2.28. The smallest absolute Gasteiger partial charge is 0.338 e. The molecule has 1 saturated carbocycles. The number of urea groups is 1. The van der Waals surface area contributed by atoms with Crippen LogP contribution in [-0.2, 0) is 26.1 Å². The number of hydrogen-bond acceptors (Lipinski definition) is 7. The van der Waals surface area contributed by atoms with Gasteiger partial charge in [0.05, 0.1) is 23.3 Å². The van der Waals surface area contributed by atoms with Crippen LogP contribution in [-0.4, -0.2) is 39.0 Å². The maximum Gasteiger partial charge on any atom is 0.338 e. The number of amides is 3. The largest absolute Gasteiger partial charge is 0.467 e. The zero-order valence-electron chi connectivity index (χ0n) is 15.2. The molecule has 1 aliphatic carbocycles. The van der Waals surface area contributed by atoms with Crippen LogP contribution in [0.15, 0.2) is 52.0 Å². The molecule has 0 bridgehead atoms. The van der Waals surface area contributed by atoms with Crippen molar-refractivity contribution in [2.45, 2.75) is 30.3 Å². The molecule has 0 saturated heterocycles. The Morgan fingerprint density at radius 1 is 1.14 bits per heavy atom. The molecule has 10 nitrogen and oxygen atoms in total. The Morgan fingerprint density at radius 3 is 2.62 bits per heavy atom. The van der Waals surface area contributed by atoms with Crippen LogP contribution in [0.3, 0.4) is 0 Å². The van der Waals surface area contributed by atoms with E-state index in [1.165, 1.54) is 30.5 Å². The highest BCUT2D eigenvalue weighted by atomic mass is 32.2. The number of carbonyl (C=O) groups is 3. The summed E-state index contributed by atoms with van der Waals surface area (Å²) in [5, 5.41) is 4.40. The van der Waals surface area contributed by atoms with Gasteiger partial charge in [-0.3, -0.25) is 10.1 Å². The fraction of sp³-hybridized carbons (Fsp3) is 0.278. The van der Waals surface area contributed by atoms with Crippen LogP contribution < -0.4 is 15.4 Å². The van der Waals surface area contributed by atoms with E-state index in [9.17, 15) is 22.8 Å². The van der Waals surface area contributed by atoms with Gasteiger partial charge in [0.25, 0.3) is 5.91 Å². The molecular formula is C18H19N3O7S. The molecule has 0 unspecified atom stereocenters. The first-order chi connectivity index (χ1) is 13.8. The van der Waals surface area contributed by atoms with E-state index in [0.717, 1.165) is 12.8 Å². The molecule has 0 spiro atoms. The summed E-state index contributed by atoms with van der Waals surface area (Å²) in [4.78, 5) is 35.4. The van der Waals surface area contributed by atoms with E-state index < -0.39 is 34.5 Å². The Bertz CT molecular complexity index is 998. The summed E-state index contributed by atoms with van der Waals surface area (Å²) in [5.41, 5.74) is -0.0289. The molecule has 1 aliphatic rings. The monoisotopic (exact) mass is 421 g/mol. The third-order valence-electron chi connectivity index (χ3n) is 3.87. The molecule has 3 rings (SSSR count). The minimum absolute atomic E-state index is 0.0289. The van der Waals surface area contributed by atoms with E-state index in [2.05, 4.69) is 10.0 Å². The lowest BCUT2D eigenvalue weighted by Gasteiger charge is -2.08. The van der Waals surface area contributed by atoms with Gasteiger partial charge in [-0.1, -0.05) is 6.07 Å². The quantitative estimate of drug-likeness (QED) is 0.537. The Kier molecular flexibility index (Phi) is 6.29. The lowest BCUT2D eigenvalue weighted by Crippen LogP contribution is -2.41. The Labute approximate surface area is 166 Å². The van der Waals surface area contributed by atoms with Gasteiger partial charge >= 0.3 is 12.0 Å². The average molecular weight is 421 g/mol. The molecule has 3 amide bonds. The van der Waals surface area contributed by atoms with Gasteiger partial charge in [-0.05, 0) is 43.2 Å². The molecule has 0 radical (unpaired) electrons. The van der Waals surface area contributed by atoms with Crippen LogP contribution in [0, 0.1) is 0 Å². The van der Waals surface area contributed by atoms with E-state index in [0.29, 0.717) is 5.76 Å². The van der Waals surface area contributed by atoms with E-state index >= 15 is 0 Å². The Hall–Kier alpha value is -3.18. The fourth-order valence-corrected chi connectivity index (χ4v) is 3.63. The predicted octanol–water partition coefficient (Wildman–Crippen LogP) is 0.903. The standard InChI is InChI=1S/C18H19N3O7S/c22-16(20-18(24)19-10-14-4-2-8-27-14)11-28-17(23)12-3-1-5-15(9-12)29(25,26)21-13-6-7-13/h1-5,8-9,13,21H,6-7,10-11H2,(H2,19,20,22,24). The average Bonchev–Trinajstić information content (AvgIpc) is 3.33. The second-order valence-corrected chi connectivity index (χ2v) is 8.02. The first-order valence-corrected chi connectivity index (χ1v) is 10.2. The highest BCUT2D eigenvalue weighted by molar-refractivity contribution is 7.89. The van der Waals surface area contributed by atoms with Crippen LogP contribution in [0.2, 0.25) is 0 Å². The number of rotatable bonds is 8. The predicted molar refractivity (Wildman–Crippen MR) is 99.2 cm³/mol. The lowest BCUT2D eigenvalue weighted by atomic mass is 10.2. The number of hydrogen-bond donors (Lipinski definition) is 3. The van der Waals surface area contributed by atoms with Crippen molar-refractivity contribution in [3.05, 3.63) is 54.0 Å². The number of ether oxygens (including phenoxy) is 1. The lowest BCUT2D eigenvalue weighted by molar-refractivity contribution is -0.123. The van der Waals surface area contributed by atoms with Gasteiger partial charge in [0.15, 0.2) is 6.61 Å². The first-order valence-electron chi connectivity index (χ1n) is 8.73. The van der Waals surface area contributed by atoms with E-state index in [1.807, 2.05) is 5.32 Å². The van der Waals surface area contributed by atoms with Crippen molar-refractivity contribution in [2.24, 2.45) is 0 Å². The van der Waals surface area contributed by atoms with Gasteiger partial charge in [0.1, 0.15) is 5.76 Å². The van der Waals surface area contributed by atoms with Gasteiger partial charge in [-0.15, -0.1) is 0 Å². The number of benzene rings is 1. The third-order valence-corrected chi connectivity index (χ3v) is 5.39. The molecule has 3 N–H and O–H groups in total. The van der Waals surface area contributed by atoms with Crippen molar-refractivity contribution in [1.82, 2.24) is 15.4 Å². The normalized spacial score (nSPS) is 13.5. The van der Waals surface area contributed by atoms with Gasteiger partial charge in [-0.25, -0.2) is 22.7 Å². The van der Waals surface area contributed by atoms with E-state index in [1.54, 1.807) is 12.1 Å². The molecule has 0 aliphatic heterocycles. The Morgan fingerprint density at radius 2 is 1.93 bits per heavy atom. The van der Waals surface area contributed by atoms with Gasteiger partial charge in [0, 0.05) is 6.04 Å². The number of sulfonamides is 1. The third kappa shape index (κ3) is 6.16. The Balaban J connectivity index is 1.47. The summed E-state index contributed by atoms with van der Waals surface area (Å²) in [5.74, 6) is -1.22. The number of esters is 1. The number of carbonyl (C=O) groups excluding carboxylic acids is 3. The van der Waals surface area contributed by atoms with Crippen molar-refractivity contribution in [3.63, 3.8) is 0 Å². The van der Waals surface area contributed by atoms with Crippen LogP contribution in [0.25, 0.3) is 0 Å². The summed E-state index contributed by atoms with van der Waals surface area (Å²) in [6, 6.07) is 7.76. The second kappa shape index (κ2) is 8.88. The zero-order chi connectivity index (χ0) is 20.9. The molecule has 154 valence electrons. The molecular weight excluding hydrogens is 402 g/mol. The molecule has 2 aromatic rings. The molecule has 1 aromatic carbocycles. The minimum Gasteiger partial charge on any atom is -0.467 e. The zero-order valence-corrected chi connectivity index (χ0v) is 16.0. The maximum atomic E-state index is 12.2. The van der Waals surface area contributed by atoms with Crippen LogP contribution in [0.5, 0.6) is 0 Å². The minimum atomic E-state index is -3.72. The van der Waals surface area contributed by atoms with Crippen molar-refractivity contribution in [2.75, 3.05) is 6.61 Å². The number of nitrogens with one attached hydrogen (secondary N) is 3. The van der Waals surface area contributed by atoms with Crippen LogP contribution >= 0.6 is 0 Å². The second-order valence-electron chi connectivity index (χ2n) is 6.31. The number of imide groups is 1. The summed E-state index contributed by atoms with van der Waals surface area (Å²) < 4.78 is 36.8. The van der Waals surface area contributed by atoms with Crippen LogP contribution in [0.1, 0.15) is 29.0 Å². The van der Waals surface area contributed by atoms with Gasteiger partial charge in [0.2, 0.25) is 10.0 Å². The van der Waals surface area contributed by atoms with E-state index in [-0.39, 0.29) is 23.0 Å². The van der Waals surface area contributed by atoms with Crippen LogP contribution in [0.4, 0.5) is 4.79 Å². The molecule has 0 atom stereocenters. The first kappa shape index (κ1) is 20.6. The van der Waals surface area contributed by atoms with Gasteiger partial charge in [-0.2, -0.15) is 0 Å². The summed E-state index contributed by atoms with van der Waals surface area (Å²) in [6.07, 6.45) is 3.01. The van der Waals surface area contributed by atoms with Crippen molar-refractivity contribution >= 4 is 27.9 Å². The fourth-order valence-electron chi connectivity index (χ4n) is 2.28. The molecule has 1 fully saturated rings. The van der Waals surface area contributed by atoms with E-state index in [4.69, 9.17) is 9.15 Å². The van der Waals surface area contributed by atoms with Crippen molar-refractivity contribution in [1.29, 1.82) is 0 Å².